The second kappa shape index (κ2) is 9.08. The summed E-state index contributed by atoms with van der Waals surface area (Å²) < 4.78 is 0. The van der Waals surface area contributed by atoms with E-state index >= 15 is 0 Å². The monoisotopic (exact) mass is 212 g/mol. The molecule has 0 heterocycles. The quantitative estimate of drug-likeness (QED) is 0.540. The molecule has 14 heavy (non-hydrogen) atoms. The van der Waals surface area contributed by atoms with Crippen molar-refractivity contribution >= 4 is 11.6 Å². The van der Waals surface area contributed by atoms with Crippen molar-refractivity contribution < 1.29 is 0 Å². The highest BCUT2D eigenvalue weighted by atomic mass is 35.5. The summed E-state index contributed by atoms with van der Waals surface area (Å²) in [6.07, 6.45) is 13.7. The van der Waals surface area contributed by atoms with Gasteiger partial charge >= 0.3 is 0 Å². The van der Waals surface area contributed by atoms with E-state index in [9.17, 15) is 0 Å². The van der Waals surface area contributed by atoms with Gasteiger partial charge in [0, 0.05) is 11.5 Å². The molecule has 0 saturated carbocycles. The van der Waals surface area contributed by atoms with Gasteiger partial charge in [0.15, 0.2) is 0 Å². The number of hydrogen-bond acceptors (Lipinski definition) is 0. The fraction of sp³-hybridized carbons (Fsp3) is 0.538. The molecule has 0 aromatic heterocycles. The average molecular weight is 213 g/mol. The van der Waals surface area contributed by atoms with Gasteiger partial charge in [0.05, 0.1) is 0 Å². The molecule has 1 heteroatoms. The van der Waals surface area contributed by atoms with E-state index in [2.05, 4.69) is 38.2 Å². The molecule has 0 aliphatic carbocycles. The number of rotatable bonds is 6. The highest BCUT2D eigenvalue weighted by Crippen LogP contribution is 2.18. The Hall–Kier alpha value is -0.490. The Labute approximate surface area is 93.4 Å². The van der Waals surface area contributed by atoms with E-state index in [-0.39, 0.29) is 0 Å². The van der Waals surface area contributed by atoms with Gasteiger partial charge in [0.25, 0.3) is 0 Å². The molecular formula is C13H21Cl. The minimum atomic E-state index is 0.587. The van der Waals surface area contributed by atoms with Gasteiger partial charge in [-0.3, -0.25) is 0 Å². The first-order chi connectivity index (χ1) is 6.74. The second-order valence-corrected chi connectivity index (χ2v) is 3.85. The van der Waals surface area contributed by atoms with Crippen molar-refractivity contribution in [2.75, 3.05) is 0 Å². The zero-order valence-corrected chi connectivity index (χ0v) is 10.2. The molecule has 0 aliphatic rings. The van der Waals surface area contributed by atoms with Crippen molar-refractivity contribution in [1.29, 1.82) is 0 Å². The Morgan fingerprint density at radius 1 is 1.21 bits per heavy atom. The van der Waals surface area contributed by atoms with Crippen LogP contribution in [0.4, 0.5) is 0 Å². The molecule has 0 radical (unpaired) electrons. The summed E-state index contributed by atoms with van der Waals surface area (Å²) in [6, 6.07) is 0. The molecule has 0 nitrogen and oxygen atoms in total. The van der Waals surface area contributed by atoms with Crippen molar-refractivity contribution in [2.24, 2.45) is 5.92 Å². The Morgan fingerprint density at radius 3 is 2.36 bits per heavy atom. The minimum Gasteiger partial charge on any atom is -0.0916 e. The molecule has 1 unspecified atom stereocenters. The third-order valence-electron chi connectivity index (χ3n) is 2.16. The lowest BCUT2D eigenvalue weighted by Crippen LogP contribution is -1.92. The highest BCUT2D eigenvalue weighted by molar-refractivity contribution is 6.29. The van der Waals surface area contributed by atoms with Crippen LogP contribution in [0.3, 0.4) is 0 Å². The van der Waals surface area contributed by atoms with E-state index in [0.29, 0.717) is 5.92 Å². The summed E-state index contributed by atoms with van der Waals surface area (Å²) in [7, 11) is 0. The maximum absolute atomic E-state index is 6.10. The lowest BCUT2D eigenvalue weighted by Gasteiger charge is -2.07. The average Bonchev–Trinajstić information content (AvgIpc) is 2.21. The van der Waals surface area contributed by atoms with Crippen LogP contribution in [-0.4, -0.2) is 0 Å². The van der Waals surface area contributed by atoms with Gasteiger partial charge < -0.3 is 0 Å². The van der Waals surface area contributed by atoms with E-state index in [1.54, 1.807) is 0 Å². The van der Waals surface area contributed by atoms with Crippen LogP contribution in [0, 0.1) is 5.92 Å². The maximum atomic E-state index is 6.10. The Morgan fingerprint density at radius 2 is 1.86 bits per heavy atom. The molecule has 1 atom stereocenters. The van der Waals surface area contributed by atoms with E-state index in [0.717, 1.165) is 24.3 Å². The summed E-state index contributed by atoms with van der Waals surface area (Å²) in [6.45, 7) is 6.27. The molecule has 0 amide bonds. The van der Waals surface area contributed by atoms with Crippen LogP contribution in [0.2, 0.25) is 0 Å². The van der Waals surface area contributed by atoms with Crippen molar-refractivity contribution in [3.8, 4) is 0 Å². The van der Waals surface area contributed by atoms with E-state index in [1.807, 2.05) is 13.0 Å². The van der Waals surface area contributed by atoms with Gasteiger partial charge in [0.1, 0.15) is 0 Å². The van der Waals surface area contributed by atoms with Crippen LogP contribution >= 0.6 is 11.6 Å². The van der Waals surface area contributed by atoms with Gasteiger partial charge in [-0.15, -0.1) is 0 Å². The molecule has 0 aliphatic heterocycles. The first-order valence-corrected chi connectivity index (χ1v) is 5.70. The van der Waals surface area contributed by atoms with Crippen LogP contribution in [-0.2, 0) is 0 Å². The molecule has 0 spiro atoms. The number of hydrogen-bond donors (Lipinski definition) is 0. The SMILES string of the molecule is CC=CCC(Cl)=CC(CC)CC=CC. The van der Waals surface area contributed by atoms with Crippen molar-refractivity contribution in [3.63, 3.8) is 0 Å². The highest BCUT2D eigenvalue weighted by Gasteiger charge is 2.00. The van der Waals surface area contributed by atoms with Crippen molar-refractivity contribution in [1.82, 2.24) is 0 Å². The topological polar surface area (TPSA) is 0 Å². The Balaban J connectivity index is 4.11. The van der Waals surface area contributed by atoms with Crippen LogP contribution in [0.5, 0.6) is 0 Å². The predicted molar refractivity (Wildman–Crippen MR) is 66.6 cm³/mol. The summed E-state index contributed by atoms with van der Waals surface area (Å²) >= 11 is 6.10. The molecule has 0 fully saturated rings. The minimum absolute atomic E-state index is 0.587. The van der Waals surface area contributed by atoms with E-state index in [1.165, 1.54) is 0 Å². The van der Waals surface area contributed by atoms with Crippen LogP contribution in [0.1, 0.15) is 40.0 Å². The standard InChI is InChI=1S/C13H21Cl/c1-4-7-9-12(6-3)11-13(14)10-8-5-2/h4-5,7-8,11-12H,6,9-10H2,1-3H3. The third kappa shape index (κ3) is 6.97. The number of allylic oxidation sites excluding steroid dienone is 6. The predicted octanol–water partition coefficient (Wildman–Crippen LogP) is 5.07. The Kier molecular flexibility index (Phi) is 8.76. The van der Waals surface area contributed by atoms with Crippen molar-refractivity contribution in [2.45, 2.75) is 40.0 Å². The second-order valence-electron chi connectivity index (χ2n) is 3.36. The summed E-state index contributed by atoms with van der Waals surface area (Å²) in [5.41, 5.74) is 0. The summed E-state index contributed by atoms with van der Waals surface area (Å²) in [5.74, 6) is 0.587. The molecule has 0 saturated heterocycles. The van der Waals surface area contributed by atoms with Crippen LogP contribution < -0.4 is 0 Å². The van der Waals surface area contributed by atoms with E-state index < -0.39 is 0 Å². The van der Waals surface area contributed by atoms with Gasteiger partial charge in [-0.25, -0.2) is 0 Å². The normalized spacial score (nSPS) is 15.6. The van der Waals surface area contributed by atoms with Crippen LogP contribution in [0.15, 0.2) is 35.4 Å². The lowest BCUT2D eigenvalue weighted by atomic mass is 10.0. The third-order valence-corrected chi connectivity index (χ3v) is 2.44. The number of halogens is 1. The molecule has 0 aromatic rings. The Bertz CT molecular complexity index is 211. The fourth-order valence-electron chi connectivity index (χ4n) is 1.22. The molecule has 0 bridgehead atoms. The van der Waals surface area contributed by atoms with Gasteiger partial charge in [-0.2, -0.15) is 0 Å². The first-order valence-electron chi connectivity index (χ1n) is 5.33. The van der Waals surface area contributed by atoms with Gasteiger partial charge in [0.2, 0.25) is 0 Å². The van der Waals surface area contributed by atoms with E-state index in [4.69, 9.17) is 11.6 Å². The van der Waals surface area contributed by atoms with Crippen LogP contribution in [0.25, 0.3) is 0 Å². The van der Waals surface area contributed by atoms with Crippen molar-refractivity contribution in [3.05, 3.63) is 35.4 Å². The molecular weight excluding hydrogens is 192 g/mol. The fourth-order valence-corrected chi connectivity index (χ4v) is 1.48. The van der Waals surface area contributed by atoms with Gasteiger partial charge in [-0.1, -0.05) is 48.9 Å². The zero-order chi connectivity index (χ0) is 10.8. The largest absolute Gasteiger partial charge is 0.0916 e. The van der Waals surface area contributed by atoms with Gasteiger partial charge in [-0.05, 0) is 32.6 Å². The lowest BCUT2D eigenvalue weighted by molar-refractivity contribution is 0.635. The smallest absolute Gasteiger partial charge is 0.0181 e. The maximum Gasteiger partial charge on any atom is 0.0181 e. The zero-order valence-electron chi connectivity index (χ0n) is 9.46. The summed E-state index contributed by atoms with van der Waals surface area (Å²) in [4.78, 5) is 0. The first kappa shape index (κ1) is 13.5. The molecule has 80 valence electrons. The summed E-state index contributed by atoms with van der Waals surface area (Å²) in [5, 5.41) is 0.958. The molecule has 0 aromatic carbocycles. The molecule has 0 rings (SSSR count). The molecule has 0 N–H and O–H groups in total.